The molecule has 0 aliphatic heterocycles. The van der Waals surface area contributed by atoms with Crippen molar-refractivity contribution in [3.63, 3.8) is 0 Å². The van der Waals surface area contributed by atoms with Crippen LogP contribution >= 0.6 is 0 Å². The third-order valence-corrected chi connectivity index (χ3v) is 5.43. The number of benzene rings is 2. The van der Waals surface area contributed by atoms with E-state index in [2.05, 4.69) is 5.32 Å². The van der Waals surface area contributed by atoms with Crippen LogP contribution in [0.15, 0.2) is 48.5 Å². The van der Waals surface area contributed by atoms with Crippen molar-refractivity contribution in [1.29, 1.82) is 0 Å². The molecular weight excluding hydrogens is 380 g/mol. The summed E-state index contributed by atoms with van der Waals surface area (Å²) in [6.45, 7) is 2.02. The Labute approximate surface area is 166 Å². The lowest BCUT2D eigenvalue weighted by Crippen LogP contribution is -2.49. The third-order valence-electron chi connectivity index (χ3n) is 4.26. The number of nitrogens with one attached hydrogen (secondary N) is 1. The van der Waals surface area contributed by atoms with E-state index in [0.29, 0.717) is 23.6 Å². The third kappa shape index (κ3) is 5.16. The summed E-state index contributed by atoms with van der Waals surface area (Å²) in [5.74, 6) is 0.784. The van der Waals surface area contributed by atoms with E-state index < -0.39 is 16.1 Å². The molecule has 0 aliphatic rings. The molecule has 0 fully saturated rings. The van der Waals surface area contributed by atoms with Gasteiger partial charge in [-0.1, -0.05) is 31.2 Å². The van der Waals surface area contributed by atoms with Crippen LogP contribution in [-0.4, -0.2) is 40.8 Å². The van der Waals surface area contributed by atoms with Crippen molar-refractivity contribution in [3.8, 4) is 11.5 Å². The molecule has 1 atom stereocenters. The van der Waals surface area contributed by atoms with Crippen molar-refractivity contribution >= 4 is 21.6 Å². The van der Waals surface area contributed by atoms with Crippen LogP contribution in [0.3, 0.4) is 0 Å². The summed E-state index contributed by atoms with van der Waals surface area (Å²) < 4.78 is 36.4. The number of amides is 1. The van der Waals surface area contributed by atoms with Crippen molar-refractivity contribution in [3.05, 3.63) is 54.1 Å². The number of ether oxygens (including phenoxy) is 2. The van der Waals surface area contributed by atoms with Gasteiger partial charge in [0.25, 0.3) is 0 Å². The van der Waals surface area contributed by atoms with Gasteiger partial charge in [-0.25, -0.2) is 8.42 Å². The van der Waals surface area contributed by atoms with Gasteiger partial charge in [0.1, 0.15) is 6.04 Å². The number of anilines is 1. The SMILES string of the molecule is CC[C@@H](C(=O)NCc1ccc(OC)c(OC)c1)N(c1ccccc1)S(C)(=O)=O. The molecule has 28 heavy (non-hydrogen) atoms. The minimum absolute atomic E-state index is 0.238. The van der Waals surface area contributed by atoms with Crippen LogP contribution in [0.25, 0.3) is 0 Å². The zero-order valence-electron chi connectivity index (χ0n) is 16.5. The summed E-state index contributed by atoms with van der Waals surface area (Å²) in [6.07, 6.45) is 1.43. The standard InChI is InChI=1S/C20H26N2O5S/c1-5-17(22(28(4,24)25)16-9-7-6-8-10-16)20(23)21-14-15-11-12-18(26-2)19(13-15)27-3/h6-13,17H,5,14H2,1-4H3,(H,21,23)/t17-/m0/s1. The fourth-order valence-corrected chi connectivity index (χ4v) is 4.14. The normalized spacial score (nSPS) is 12.1. The number of carbonyl (C=O) groups excluding carboxylic acids is 1. The Morgan fingerprint density at radius 1 is 1.07 bits per heavy atom. The van der Waals surface area contributed by atoms with Crippen LogP contribution in [-0.2, 0) is 21.4 Å². The second-order valence-electron chi connectivity index (χ2n) is 6.23. The molecule has 2 rings (SSSR count). The molecule has 1 amide bonds. The highest BCUT2D eigenvalue weighted by atomic mass is 32.2. The Hall–Kier alpha value is -2.74. The monoisotopic (exact) mass is 406 g/mol. The highest BCUT2D eigenvalue weighted by Gasteiger charge is 2.31. The van der Waals surface area contributed by atoms with Crippen molar-refractivity contribution in [1.82, 2.24) is 5.32 Å². The minimum atomic E-state index is -3.64. The Morgan fingerprint density at radius 3 is 2.25 bits per heavy atom. The van der Waals surface area contributed by atoms with Crippen LogP contribution in [0.4, 0.5) is 5.69 Å². The summed E-state index contributed by atoms with van der Waals surface area (Å²) >= 11 is 0. The molecule has 0 bridgehead atoms. The zero-order valence-corrected chi connectivity index (χ0v) is 17.3. The van der Waals surface area contributed by atoms with Crippen LogP contribution in [0, 0.1) is 0 Å². The Kier molecular flexibility index (Phi) is 7.28. The molecular formula is C20H26N2O5S. The highest BCUT2D eigenvalue weighted by Crippen LogP contribution is 2.27. The molecule has 0 aliphatic carbocycles. The molecule has 0 heterocycles. The van der Waals surface area contributed by atoms with Gasteiger partial charge in [-0.05, 0) is 36.2 Å². The van der Waals surface area contributed by atoms with E-state index in [0.717, 1.165) is 16.1 Å². The van der Waals surface area contributed by atoms with Crippen molar-refractivity contribution in [2.45, 2.75) is 25.9 Å². The van der Waals surface area contributed by atoms with E-state index in [1.807, 2.05) is 6.07 Å². The summed E-state index contributed by atoms with van der Waals surface area (Å²) in [6, 6.07) is 13.1. The molecule has 2 aromatic carbocycles. The maximum atomic E-state index is 12.8. The number of hydrogen-bond acceptors (Lipinski definition) is 5. The molecule has 8 heteroatoms. The molecule has 0 spiro atoms. The molecule has 0 saturated carbocycles. The first kappa shape index (κ1) is 21.6. The fourth-order valence-electron chi connectivity index (χ4n) is 2.93. The topological polar surface area (TPSA) is 84.9 Å². The summed E-state index contributed by atoms with van der Waals surface area (Å²) in [5.41, 5.74) is 1.27. The number of carbonyl (C=O) groups is 1. The Morgan fingerprint density at radius 2 is 1.71 bits per heavy atom. The summed E-state index contributed by atoms with van der Waals surface area (Å²) in [7, 11) is -0.552. The van der Waals surface area contributed by atoms with Gasteiger partial charge in [0.05, 0.1) is 26.2 Å². The molecule has 152 valence electrons. The largest absolute Gasteiger partial charge is 0.493 e. The molecule has 0 aromatic heterocycles. The van der Waals surface area contributed by atoms with E-state index in [1.165, 1.54) is 7.11 Å². The number of hydrogen-bond donors (Lipinski definition) is 1. The van der Waals surface area contributed by atoms with Gasteiger partial charge in [0.2, 0.25) is 15.9 Å². The van der Waals surface area contributed by atoms with Gasteiger partial charge in [0, 0.05) is 6.54 Å². The highest BCUT2D eigenvalue weighted by molar-refractivity contribution is 7.92. The first-order valence-electron chi connectivity index (χ1n) is 8.84. The maximum absolute atomic E-state index is 12.8. The smallest absolute Gasteiger partial charge is 0.244 e. The maximum Gasteiger partial charge on any atom is 0.244 e. The predicted molar refractivity (Wildman–Crippen MR) is 109 cm³/mol. The molecule has 2 aromatic rings. The number of sulfonamides is 1. The number of methoxy groups -OCH3 is 2. The second kappa shape index (κ2) is 9.45. The van der Waals surface area contributed by atoms with Crippen LogP contribution in [0.2, 0.25) is 0 Å². The fraction of sp³-hybridized carbons (Fsp3) is 0.350. The van der Waals surface area contributed by atoms with E-state index >= 15 is 0 Å². The van der Waals surface area contributed by atoms with Gasteiger partial charge in [-0.3, -0.25) is 9.10 Å². The Bertz CT molecular complexity index is 900. The van der Waals surface area contributed by atoms with E-state index in [1.54, 1.807) is 56.5 Å². The van der Waals surface area contributed by atoms with Gasteiger partial charge >= 0.3 is 0 Å². The molecule has 1 N–H and O–H groups in total. The van der Waals surface area contributed by atoms with E-state index in [4.69, 9.17) is 9.47 Å². The number of para-hydroxylation sites is 1. The van der Waals surface area contributed by atoms with Crippen molar-refractivity contribution < 1.29 is 22.7 Å². The van der Waals surface area contributed by atoms with Crippen LogP contribution in [0.1, 0.15) is 18.9 Å². The van der Waals surface area contributed by atoms with Gasteiger partial charge in [0.15, 0.2) is 11.5 Å². The molecule has 0 saturated heterocycles. The lowest BCUT2D eigenvalue weighted by Gasteiger charge is -2.30. The van der Waals surface area contributed by atoms with Gasteiger partial charge in [-0.2, -0.15) is 0 Å². The first-order chi connectivity index (χ1) is 13.3. The van der Waals surface area contributed by atoms with E-state index in [9.17, 15) is 13.2 Å². The van der Waals surface area contributed by atoms with Gasteiger partial charge in [-0.15, -0.1) is 0 Å². The Balaban J connectivity index is 2.20. The number of nitrogens with zero attached hydrogens (tertiary/aromatic N) is 1. The van der Waals surface area contributed by atoms with Crippen molar-refractivity contribution in [2.75, 3.05) is 24.8 Å². The summed E-state index contributed by atoms with van der Waals surface area (Å²) in [5, 5.41) is 2.82. The lowest BCUT2D eigenvalue weighted by molar-refractivity contribution is -0.122. The quantitative estimate of drug-likeness (QED) is 0.692. The average Bonchev–Trinajstić information content (AvgIpc) is 2.69. The zero-order chi connectivity index (χ0) is 20.7. The average molecular weight is 407 g/mol. The lowest BCUT2D eigenvalue weighted by atomic mass is 10.1. The molecule has 0 unspecified atom stereocenters. The minimum Gasteiger partial charge on any atom is -0.493 e. The first-order valence-corrected chi connectivity index (χ1v) is 10.7. The van der Waals surface area contributed by atoms with E-state index in [-0.39, 0.29) is 12.5 Å². The summed E-state index contributed by atoms with van der Waals surface area (Å²) in [4.78, 5) is 12.8. The van der Waals surface area contributed by atoms with Crippen LogP contribution in [0.5, 0.6) is 11.5 Å². The predicted octanol–water partition coefficient (Wildman–Crippen LogP) is 2.56. The number of rotatable bonds is 9. The van der Waals surface area contributed by atoms with Crippen LogP contribution < -0.4 is 19.1 Å². The van der Waals surface area contributed by atoms with Gasteiger partial charge < -0.3 is 14.8 Å². The molecule has 7 nitrogen and oxygen atoms in total. The van der Waals surface area contributed by atoms with Crippen molar-refractivity contribution in [2.24, 2.45) is 0 Å². The second-order valence-corrected chi connectivity index (χ2v) is 8.08. The molecule has 0 radical (unpaired) electrons.